The zero-order chi connectivity index (χ0) is 33.1. The van der Waals surface area contributed by atoms with Gasteiger partial charge in [-0.1, -0.05) is 25.2 Å². The first-order valence-corrected chi connectivity index (χ1v) is 16.6. The van der Waals surface area contributed by atoms with Crippen molar-refractivity contribution in [2.45, 2.75) is 60.3 Å². The van der Waals surface area contributed by atoms with Crippen LogP contribution in [0.1, 0.15) is 55.5 Å². The van der Waals surface area contributed by atoms with E-state index in [4.69, 9.17) is 9.84 Å². The molecular formula is C35H38N8O3S. The summed E-state index contributed by atoms with van der Waals surface area (Å²) in [4.78, 5) is 41.1. The Hall–Kier alpha value is -5.10. The molecule has 12 heteroatoms. The summed E-state index contributed by atoms with van der Waals surface area (Å²) in [5.41, 5.74) is 6.72. The number of anilines is 3. The van der Waals surface area contributed by atoms with Crippen LogP contribution in [0.25, 0.3) is 16.1 Å². The number of aromatic nitrogens is 5. The van der Waals surface area contributed by atoms with Gasteiger partial charge in [-0.25, -0.2) is 24.4 Å². The second kappa shape index (κ2) is 13.7. The van der Waals surface area contributed by atoms with Gasteiger partial charge in [0.15, 0.2) is 5.13 Å². The summed E-state index contributed by atoms with van der Waals surface area (Å²) in [6.45, 7) is 11.2. The van der Waals surface area contributed by atoms with Crippen molar-refractivity contribution in [1.29, 1.82) is 0 Å². The van der Waals surface area contributed by atoms with Crippen molar-refractivity contribution in [3.05, 3.63) is 83.4 Å². The van der Waals surface area contributed by atoms with Crippen LogP contribution in [0.2, 0.25) is 0 Å². The largest absolute Gasteiger partial charge is 0.424 e. The smallest absolute Gasteiger partial charge is 0.324 e. The fraction of sp³-hybridized carbons (Fsp3) is 0.314. The van der Waals surface area contributed by atoms with Crippen molar-refractivity contribution in [3.8, 4) is 27.9 Å². The van der Waals surface area contributed by atoms with Crippen molar-refractivity contribution < 1.29 is 14.3 Å². The van der Waals surface area contributed by atoms with Crippen LogP contribution in [0.4, 0.5) is 21.4 Å². The highest BCUT2D eigenvalue weighted by Gasteiger charge is 2.22. The third kappa shape index (κ3) is 7.49. The molecule has 47 heavy (non-hydrogen) atoms. The van der Waals surface area contributed by atoms with E-state index in [1.807, 2.05) is 30.3 Å². The summed E-state index contributed by atoms with van der Waals surface area (Å²) in [6, 6.07) is 13.3. The van der Waals surface area contributed by atoms with E-state index in [0.717, 1.165) is 63.9 Å². The van der Waals surface area contributed by atoms with Crippen molar-refractivity contribution in [2.24, 2.45) is 5.92 Å². The predicted molar refractivity (Wildman–Crippen MR) is 185 cm³/mol. The number of hydrogen-bond acceptors (Lipinski definition) is 8. The number of urea groups is 1. The van der Waals surface area contributed by atoms with Crippen LogP contribution in [0, 0.1) is 26.7 Å². The topological polar surface area (TPSA) is 127 Å². The van der Waals surface area contributed by atoms with Crippen molar-refractivity contribution in [2.75, 3.05) is 22.1 Å². The van der Waals surface area contributed by atoms with Gasteiger partial charge in [0.05, 0.1) is 34.3 Å². The van der Waals surface area contributed by atoms with Crippen molar-refractivity contribution in [1.82, 2.24) is 24.7 Å². The van der Waals surface area contributed by atoms with Gasteiger partial charge in [0.2, 0.25) is 5.91 Å². The van der Waals surface area contributed by atoms with Crippen LogP contribution < -0.4 is 20.3 Å². The predicted octanol–water partition coefficient (Wildman–Crippen LogP) is 7.86. The van der Waals surface area contributed by atoms with Crippen LogP contribution >= 0.6 is 11.3 Å². The number of amides is 3. The van der Waals surface area contributed by atoms with Gasteiger partial charge in [-0.2, -0.15) is 5.10 Å². The molecule has 1 fully saturated rings. The zero-order valence-corrected chi connectivity index (χ0v) is 28.0. The average molecular weight is 651 g/mol. The van der Waals surface area contributed by atoms with E-state index in [1.54, 1.807) is 15.8 Å². The molecule has 0 saturated carbocycles. The number of carbonyl (C=O) groups excluding carboxylic acids is 2. The lowest BCUT2D eigenvalue weighted by atomic mass is 10.0. The van der Waals surface area contributed by atoms with E-state index in [-0.39, 0.29) is 11.9 Å². The number of benzene rings is 2. The molecule has 0 atom stereocenters. The number of nitrogens with one attached hydrogen (secondary N) is 2. The van der Waals surface area contributed by atoms with Gasteiger partial charge in [0, 0.05) is 25.2 Å². The summed E-state index contributed by atoms with van der Waals surface area (Å²) in [6.07, 6.45) is 8.08. The Bertz CT molecular complexity index is 1870. The van der Waals surface area contributed by atoms with Gasteiger partial charge in [0.1, 0.15) is 11.6 Å². The Balaban J connectivity index is 1.08. The summed E-state index contributed by atoms with van der Waals surface area (Å²) >= 11 is 1.50. The molecule has 0 radical (unpaired) electrons. The number of piperidine rings is 1. The molecule has 1 aliphatic rings. The molecule has 0 unspecified atom stereocenters. The lowest BCUT2D eigenvalue weighted by Gasteiger charge is -2.23. The maximum atomic E-state index is 13.0. The molecule has 1 saturated heterocycles. The molecule has 3 aromatic heterocycles. The van der Waals surface area contributed by atoms with Gasteiger partial charge in [0.25, 0.3) is 0 Å². The molecule has 0 spiro atoms. The Morgan fingerprint density at radius 3 is 2.36 bits per heavy atom. The number of ether oxygens (including phenoxy) is 1. The third-order valence-corrected chi connectivity index (χ3v) is 9.13. The third-order valence-electron chi connectivity index (χ3n) is 8.06. The summed E-state index contributed by atoms with van der Waals surface area (Å²) in [5, 5.41) is 11.3. The van der Waals surface area contributed by atoms with Crippen LogP contribution in [0.3, 0.4) is 0 Å². The van der Waals surface area contributed by atoms with Crippen LogP contribution in [-0.2, 0) is 11.2 Å². The number of aryl methyl sites for hydroxylation is 2. The fourth-order valence-electron chi connectivity index (χ4n) is 5.41. The van der Waals surface area contributed by atoms with E-state index < -0.39 is 6.03 Å². The van der Waals surface area contributed by atoms with Gasteiger partial charge in [-0.15, -0.1) is 0 Å². The number of carbonyl (C=O) groups is 2. The molecule has 3 amide bonds. The van der Waals surface area contributed by atoms with E-state index in [1.165, 1.54) is 29.3 Å². The molecule has 1 aliphatic heterocycles. The first kappa shape index (κ1) is 31.9. The average Bonchev–Trinajstić information content (AvgIpc) is 3.68. The quantitative estimate of drug-likeness (QED) is 0.166. The second-order valence-corrected chi connectivity index (χ2v) is 13.2. The summed E-state index contributed by atoms with van der Waals surface area (Å²) in [7, 11) is 0. The molecular weight excluding hydrogens is 613 g/mol. The van der Waals surface area contributed by atoms with Crippen LogP contribution in [0.15, 0.2) is 61.1 Å². The summed E-state index contributed by atoms with van der Waals surface area (Å²) < 4.78 is 7.62. The highest BCUT2D eigenvalue weighted by Crippen LogP contribution is 2.34. The number of rotatable bonds is 9. The Morgan fingerprint density at radius 1 is 0.957 bits per heavy atom. The van der Waals surface area contributed by atoms with E-state index in [9.17, 15) is 9.59 Å². The van der Waals surface area contributed by atoms with Crippen LogP contribution in [0.5, 0.6) is 11.8 Å². The minimum atomic E-state index is -0.438. The van der Waals surface area contributed by atoms with E-state index >= 15 is 0 Å². The molecule has 5 aromatic rings. The van der Waals surface area contributed by atoms with Crippen molar-refractivity contribution in [3.63, 3.8) is 0 Å². The molecule has 6 rings (SSSR count). The molecule has 2 N–H and O–H groups in total. The minimum absolute atomic E-state index is 0.133. The van der Waals surface area contributed by atoms with Crippen molar-refractivity contribution >= 4 is 39.9 Å². The van der Waals surface area contributed by atoms with E-state index in [0.29, 0.717) is 29.6 Å². The minimum Gasteiger partial charge on any atom is -0.424 e. The molecule has 2 aromatic carbocycles. The number of hydrogen-bond donors (Lipinski definition) is 2. The maximum absolute atomic E-state index is 13.0. The lowest BCUT2D eigenvalue weighted by Crippen LogP contribution is -2.34. The highest BCUT2D eigenvalue weighted by molar-refractivity contribution is 7.19. The normalized spacial score (nSPS) is 13.2. The Kier molecular flexibility index (Phi) is 9.30. The monoisotopic (exact) mass is 650 g/mol. The zero-order valence-electron chi connectivity index (χ0n) is 27.2. The summed E-state index contributed by atoms with van der Waals surface area (Å²) in [5.74, 6) is 1.69. The molecule has 0 bridgehead atoms. The first-order chi connectivity index (χ1) is 22.6. The van der Waals surface area contributed by atoms with Gasteiger partial charge < -0.3 is 10.1 Å². The lowest BCUT2D eigenvalue weighted by molar-refractivity contribution is -0.119. The highest BCUT2D eigenvalue weighted by atomic mass is 32.1. The maximum Gasteiger partial charge on any atom is 0.324 e. The second-order valence-electron chi connectivity index (χ2n) is 12.2. The van der Waals surface area contributed by atoms with Gasteiger partial charge >= 0.3 is 12.0 Å². The molecule has 11 nitrogen and oxygen atoms in total. The Morgan fingerprint density at radius 2 is 1.68 bits per heavy atom. The SMILES string of the molecule is Cc1cc(-n2nc(CC(C)C)cc2NC(=O)Nc2cnc(Oc3ccc(-c4cnc(N5CCCCC5=O)s4)cc3)nc2)cc(C)c1C. The fourth-order valence-corrected chi connectivity index (χ4v) is 6.37. The van der Waals surface area contributed by atoms with Gasteiger partial charge in [-0.05, 0) is 105 Å². The number of thiazole rings is 1. The van der Waals surface area contributed by atoms with E-state index in [2.05, 4.69) is 72.3 Å². The standard InChI is InChI=1S/C35H38N8O3S/c1-21(2)14-26-17-31(43(41-26)28-15-22(3)24(5)23(4)16-28)40-33(45)39-27-18-36-34(37-19-27)46-29-11-9-25(10-12-29)30-20-38-35(47-30)42-13-7-6-8-32(42)44/h9-12,15-21H,6-8,13-14H2,1-5H3,(H2,39,40,45). The first-order valence-electron chi connectivity index (χ1n) is 15.7. The molecule has 0 aliphatic carbocycles. The van der Waals surface area contributed by atoms with Crippen LogP contribution in [-0.4, -0.2) is 43.2 Å². The molecule has 242 valence electrons. The number of nitrogens with zero attached hydrogens (tertiary/aromatic N) is 6. The Labute approximate surface area is 278 Å². The van der Waals surface area contributed by atoms with Gasteiger partial charge in [-0.3, -0.25) is 15.0 Å². The molecule has 4 heterocycles.